The number of benzene rings is 2. The Hall–Kier alpha value is -2.58. The van der Waals surface area contributed by atoms with Gasteiger partial charge in [-0.1, -0.05) is 12.1 Å². The monoisotopic (exact) mass is 308 g/mol. The number of nitrogens with one attached hydrogen (secondary N) is 1. The maximum atomic E-state index is 12.0. The first-order chi connectivity index (χ1) is 9.79. The quantitative estimate of drug-likeness (QED) is 0.628. The minimum absolute atomic E-state index is 0.0255. The van der Waals surface area contributed by atoms with Crippen molar-refractivity contribution in [3.05, 3.63) is 48.0 Å². The predicted molar refractivity (Wildman–Crippen MR) is 75.5 cm³/mol. The molecule has 0 spiro atoms. The maximum absolute atomic E-state index is 12.0. The van der Waals surface area contributed by atoms with Crippen LogP contribution in [0.5, 0.6) is 11.5 Å². The highest BCUT2D eigenvalue weighted by Gasteiger charge is 2.16. The number of phenolic OH excluding ortho intramolecular Hbond substituents is 2. The summed E-state index contributed by atoms with van der Waals surface area (Å²) in [6.45, 7) is 0. The lowest BCUT2D eigenvalue weighted by Gasteiger charge is -2.09. The van der Waals surface area contributed by atoms with Crippen molar-refractivity contribution in [2.45, 2.75) is 4.90 Å². The summed E-state index contributed by atoms with van der Waals surface area (Å²) < 4.78 is 22.8. The van der Waals surface area contributed by atoms with Gasteiger partial charge in [-0.05, 0) is 30.3 Å². The number of para-hydroxylation sites is 1. The molecule has 0 heterocycles. The number of carbonyl (C=O) groups excluding carboxylic acids is 1. The van der Waals surface area contributed by atoms with Crippen molar-refractivity contribution in [3.8, 4) is 11.5 Å². The molecule has 0 atom stereocenters. The van der Waals surface area contributed by atoms with E-state index in [2.05, 4.69) is 5.32 Å². The van der Waals surface area contributed by atoms with Crippen LogP contribution in [0.25, 0.3) is 0 Å². The third-order valence-electron chi connectivity index (χ3n) is 2.68. The fourth-order valence-electron chi connectivity index (χ4n) is 1.68. The van der Waals surface area contributed by atoms with Crippen LogP contribution in [-0.2, 0) is 10.0 Å². The first kappa shape index (κ1) is 14.8. The van der Waals surface area contributed by atoms with E-state index in [4.69, 9.17) is 5.14 Å². The Bertz CT molecular complexity index is 802. The molecule has 0 fully saturated rings. The molecule has 0 aliphatic rings. The first-order valence-electron chi connectivity index (χ1n) is 5.74. The lowest BCUT2D eigenvalue weighted by Crippen LogP contribution is -2.18. The van der Waals surface area contributed by atoms with Crippen LogP contribution in [0.2, 0.25) is 0 Å². The number of hydrogen-bond acceptors (Lipinski definition) is 5. The zero-order valence-corrected chi connectivity index (χ0v) is 11.5. The molecule has 21 heavy (non-hydrogen) atoms. The van der Waals surface area contributed by atoms with E-state index in [1.807, 2.05) is 0 Å². The van der Waals surface area contributed by atoms with E-state index in [1.165, 1.54) is 24.3 Å². The zero-order valence-electron chi connectivity index (χ0n) is 10.6. The van der Waals surface area contributed by atoms with Crippen LogP contribution in [0.4, 0.5) is 5.69 Å². The van der Waals surface area contributed by atoms with Crippen molar-refractivity contribution >= 4 is 21.6 Å². The number of rotatable bonds is 3. The van der Waals surface area contributed by atoms with Gasteiger partial charge in [-0.3, -0.25) is 4.79 Å². The van der Waals surface area contributed by atoms with Gasteiger partial charge in [0.25, 0.3) is 5.91 Å². The molecule has 2 aromatic rings. The highest BCUT2D eigenvalue weighted by molar-refractivity contribution is 7.89. The Kier molecular flexibility index (Phi) is 3.83. The predicted octanol–water partition coefficient (Wildman–Crippen LogP) is 0.998. The SMILES string of the molecule is NS(=O)(=O)c1ccccc1NC(=O)c1ccc(O)c(O)c1. The van der Waals surface area contributed by atoms with Crippen molar-refractivity contribution in [2.24, 2.45) is 5.14 Å². The van der Waals surface area contributed by atoms with Gasteiger partial charge in [0.1, 0.15) is 4.90 Å². The maximum Gasteiger partial charge on any atom is 0.255 e. The molecule has 110 valence electrons. The Labute approximate surface area is 120 Å². The fourth-order valence-corrected chi connectivity index (χ4v) is 2.37. The molecular weight excluding hydrogens is 296 g/mol. The van der Waals surface area contributed by atoms with Gasteiger partial charge < -0.3 is 15.5 Å². The van der Waals surface area contributed by atoms with E-state index in [9.17, 15) is 23.4 Å². The van der Waals surface area contributed by atoms with Crippen LogP contribution in [0, 0.1) is 0 Å². The average Bonchev–Trinajstić information content (AvgIpc) is 2.41. The van der Waals surface area contributed by atoms with Crippen LogP contribution in [-0.4, -0.2) is 24.5 Å². The summed E-state index contributed by atoms with van der Waals surface area (Å²) in [6.07, 6.45) is 0. The summed E-state index contributed by atoms with van der Waals surface area (Å²) in [4.78, 5) is 11.8. The van der Waals surface area contributed by atoms with Crippen molar-refractivity contribution in [1.29, 1.82) is 0 Å². The number of sulfonamides is 1. The van der Waals surface area contributed by atoms with E-state index in [-0.39, 0.29) is 21.9 Å². The second kappa shape index (κ2) is 5.43. The van der Waals surface area contributed by atoms with Gasteiger partial charge >= 0.3 is 0 Å². The van der Waals surface area contributed by atoms with Crippen LogP contribution < -0.4 is 10.5 Å². The Balaban J connectivity index is 2.34. The molecule has 8 heteroatoms. The van der Waals surface area contributed by atoms with E-state index in [0.717, 1.165) is 12.1 Å². The average molecular weight is 308 g/mol. The Morgan fingerprint density at radius 1 is 1.05 bits per heavy atom. The second-order valence-corrected chi connectivity index (χ2v) is 5.73. The number of amides is 1. The molecule has 0 aromatic heterocycles. The number of hydrogen-bond donors (Lipinski definition) is 4. The van der Waals surface area contributed by atoms with Gasteiger partial charge in [-0.2, -0.15) is 0 Å². The van der Waals surface area contributed by atoms with Gasteiger partial charge in [-0.25, -0.2) is 13.6 Å². The normalized spacial score (nSPS) is 11.1. The zero-order chi connectivity index (χ0) is 15.6. The van der Waals surface area contributed by atoms with Crippen LogP contribution in [0.15, 0.2) is 47.4 Å². The van der Waals surface area contributed by atoms with E-state index in [0.29, 0.717) is 0 Å². The topological polar surface area (TPSA) is 130 Å². The fraction of sp³-hybridized carbons (Fsp3) is 0. The molecule has 2 rings (SSSR count). The smallest absolute Gasteiger partial charge is 0.255 e. The largest absolute Gasteiger partial charge is 0.504 e. The molecule has 0 saturated carbocycles. The van der Waals surface area contributed by atoms with Gasteiger partial charge in [0, 0.05) is 5.56 Å². The summed E-state index contributed by atoms with van der Waals surface area (Å²) >= 11 is 0. The van der Waals surface area contributed by atoms with Gasteiger partial charge in [0.05, 0.1) is 5.69 Å². The van der Waals surface area contributed by atoms with Crippen molar-refractivity contribution in [1.82, 2.24) is 0 Å². The van der Waals surface area contributed by atoms with Gasteiger partial charge in [0.2, 0.25) is 10.0 Å². The number of phenols is 2. The Morgan fingerprint density at radius 2 is 1.71 bits per heavy atom. The highest BCUT2D eigenvalue weighted by Crippen LogP contribution is 2.26. The lowest BCUT2D eigenvalue weighted by molar-refractivity contribution is 0.102. The third-order valence-corrected chi connectivity index (χ3v) is 3.65. The molecule has 1 amide bonds. The summed E-state index contributed by atoms with van der Waals surface area (Å²) in [5, 5.41) is 26.0. The van der Waals surface area contributed by atoms with E-state index in [1.54, 1.807) is 6.07 Å². The number of anilines is 1. The number of nitrogens with two attached hydrogens (primary N) is 1. The minimum Gasteiger partial charge on any atom is -0.504 e. The summed E-state index contributed by atoms with van der Waals surface area (Å²) in [5.41, 5.74) is 0.0760. The summed E-state index contributed by atoms with van der Waals surface area (Å²) in [6, 6.07) is 9.15. The molecule has 5 N–H and O–H groups in total. The molecule has 7 nitrogen and oxygen atoms in total. The molecule has 0 unspecified atom stereocenters. The lowest BCUT2D eigenvalue weighted by atomic mass is 10.2. The molecule has 0 aliphatic heterocycles. The molecule has 0 bridgehead atoms. The summed E-state index contributed by atoms with van der Waals surface area (Å²) in [7, 11) is -3.98. The van der Waals surface area contributed by atoms with Crippen molar-refractivity contribution < 1.29 is 23.4 Å². The molecule has 2 aromatic carbocycles. The molecular formula is C13H12N2O5S. The number of carbonyl (C=O) groups is 1. The van der Waals surface area contributed by atoms with Crippen LogP contribution in [0.3, 0.4) is 0 Å². The van der Waals surface area contributed by atoms with Gasteiger partial charge in [0.15, 0.2) is 11.5 Å². The van der Waals surface area contributed by atoms with Crippen LogP contribution in [0.1, 0.15) is 10.4 Å². The number of aromatic hydroxyl groups is 2. The van der Waals surface area contributed by atoms with E-state index >= 15 is 0 Å². The van der Waals surface area contributed by atoms with Crippen molar-refractivity contribution in [2.75, 3.05) is 5.32 Å². The van der Waals surface area contributed by atoms with Crippen molar-refractivity contribution in [3.63, 3.8) is 0 Å². The minimum atomic E-state index is -3.98. The second-order valence-electron chi connectivity index (χ2n) is 4.20. The Morgan fingerprint density at radius 3 is 2.33 bits per heavy atom. The third kappa shape index (κ3) is 3.30. The van der Waals surface area contributed by atoms with E-state index < -0.39 is 21.7 Å². The molecule has 0 radical (unpaired) electrons. The molecule has 0 saturated heterocycles. The standard InChI is InChI=1S/C13H12N2O5S/c14-21(19,20)12-4-2-1-3-9(12)15-13(18)8-5-6-10(16)11(17)7-8/h1-7,16-17H,(H,15,18)(H2,14,19,20). The van der Waals surface area contributed by atoms with Gasteiger partial charge in [-0.15, -0.1) is 0 Å². The molecule has 0 aliphatic carbocycles. The number of primary sulfonamides is 1. The first-order valence-corrected chi connectivity index (χ1v) is 7.29. The highest BCUT2D eigenvalue weighted by atomic mass is 32.2. The summed E-state index contributed by atoms with van der Waals surface area (Å²) in [5.74, 6) is -1.47. The van der Waals surface area contributed by atoms with Crippen LogP contribution >= 0.6 is 0 Å².